The minimum absolute atomic E-state index is 0.124. The predicted octanol–water partition coefficient (Wildman–Crippen LogP) is 3.93. The van der Waals surface area contributed by atoms with Gasteiger partial charge in [-0.05, 0) is 17.7 Å². The van der Waals surface area contributed by atoms with E-state index in [-0.39, 0.29) is 5.91 Å². The second-order valence-corrected chi connectivity index (χ2v) is 5.90. The summed E-state index contributed by atoms with van der Waals surface area (Å²) in [5.74, 6) is 0.247. The van der Waals surface area contributed by atoms with Crippen molar-refractivity contribution in [1.29, 1.82) is 0 Å². The molecule has 0 aliphatic rings. The first-order valence-corrected chi connectivity index (χ1v) is 9.22. The third-order valence-electron chi connectivity index (χ3n) is 4.17. The van der Waals surface area contributed by atoms with Gasteiger partial charge in [0.15, 0.2) is 11.5 Å². The minimum atomic E-state index is -0.124. The van der Waals surface area contributed by atoms with Crippen LogP contribution in [0.15, 0.2) is 73.2 Å². The molecule has 0 fully saturated rings. The van der Waals surface area contributed by atoms with Crippen LogP contribution in [0.4, 0.5) is 5.82 Å². The number of fused-ring (bicyclic) bond motifs is 1. The van der Waals surface area contributed by atoms with E-state index in [1.165, 1.54) is 0 Å². The lowest BCUT2D eigenvalue weighted by Crippen LogP contribution is -2.22. The fourth-order valence-corrected chi connectivity index (χ4v) is 2.85. The van der Waals surface area contributed by atoms with Crippen molar-refractivity contribution < 1.29 is 4.79 Å². The highest BCUT2D eigenvalue weighted by Gasteiger charge is 2.11. The van der Waals surface area contributed by atoms with E-state index in [1.54, 1.807) is 18.5 Å². The zero-order valence-corrected chi connectivity index (χ0v) is 16.0. The van der Waals surface area contributed by atoms with E-state index in [4.69, 9.17) is 5.73 Å². The Morgan fingerprint density at radius 2 is 1.86 bits per heavy atom. The van der Waals surface area contributed by atoms with E-state index in [0.717, 1.165) is 16.8 Å². The lowest BCUT2D eigenvalue weighted by atomic mass is 10.1. The molecule has 2 heterocycles. The Bertz CT molecular complexity index is 1070. The Labute approximate surface area is 164 Å². The molecule has 6 heteroatoms. The van der Waals surface area contributed by atoms with Gasteiger partial charge in [0, 0.05) is 30.1 Å². The number of amides is 1. The van der Waals surface area contributed by atoms with Crippen LogP contribution in [0.3, 0.4) is 0 Å². The van der Waals surface area contributed by atoms with E-state index in [1.807, 2.05) is 73.0 Å². The maximum absolute atomic E-state index is 12.5. The zero-order valence-electron chi connectivity index (χ0n) is 16.0. The number of anilines is 1. The van der Waals surface area contributed by atoms with Crippen LogP contribution in [0.25, 0.3) is 16.9 Å². The number of nitrogen functional groups attached to an aromatic ring is 1. The quantitative estimate of drug-likeness (QED) is 0.567. The van der Waals surface area contributed by atoms with Crippen molar-refractivity contribution in [3.63, 3.8) is 0 Å². The average Bonchev–Trinajstić information content (AvgIpc) is 3.25. The van der Waals surface area contributed by atoms with E-state index >= 15 is 0 Å². The molecule has 0 bridgehead atoms. The number of imidazole rings is 1. The van der Waals surface area contributed by atoms with Crippen LogP contribution >= 0.6 is 0 Å². The van der Waals surface area contributed by atoms with Gasteiger partial charge in [-0.2, -0.15) is 0 Å². The number of nitrogens with one attached hydrogen (secondary N) is 1. The van der Waals surface area contributed by atoms with Gasteiger partial charge in [-0.25, -0.2) is 9.97 Å². The Morgan fingerprint density at radius 3 is 2.64 bits per heavy atom. The molecule has 0 unspecified atom stereocenters. The lowest BCUT2D eigenvalue weighted by molar-refractivity contribution is 0.0951. The van der Waals surface area contributed by atoms with Crippen LogP contribution < -0.4 is 11.1 Å². The van der Waals surface area contributed by atoms with Crippen molar-refractivity contribution in [2.45, 2.75) is 20.4 Å². The number of aromatic nitrogens is 3. The summed E-state index contributed by atoms with van der Waals surface area (Å²) in [4.78, 5) is 20.9. The largest absolute Gasteiger partial charge is 0.381 e. The average molecular weight is 373 g/mol. The number of carbonyl (C=O) groups is 1. The van der Waals surface area contributed by atoms with E-state index in [0.29, 0.717) is 23.6 Å². The Kier molecular flexibility index (Phi) is 6.01. The van der Waals surface area contributed by atoms with Crippen LogP contribution in [0, 0.1) is 0 Å². The standard InChI is InChI=1S/C20H17N5O.C2H6/c21-18-19-22-9-10-25(19)17(13-23-18)15-7-4-8-16(11-15)20(26)24-12-14-5-2-1-3-6-14;1-2/h1-11,13H,12H2,(H2,21,23)(H,24,26);1-2H3. The van der Waals surface area contributed by atoms with Gasteiger partial charge in [0.2, 0.25) is 0 Å². The van der Waals surface area contributed by atoms with Crippen molar-refractivity contribution in [2.24, 2.45) is 0 Å². The van der Waals surface area contributed by atoms with Gasteiger partial charge in [0.05, 0.1) is 11.9 Å². The molecule has 1 amide bonds. The van der Waals surface area contributed by atoms with Gasteiger partial charge in [-0.3, -0.25) is 9.20 Å². The fraction of sp³-hybridized carbons (Fsp3) is 0.136. The van der Waals surface area contributed by atoms with E-state index in [2.05, 4.69) is 15.3 Å². The predicted molar refractivity (Wildman–Crippen MR) is 112 cm³/mol. The summed E-state index contributed by atoms with van der Waals surface area (Å²) in [5.41, 5.74) is 9.79. The SMILES string of the molecule is CC.Nc1ncc(-c2cccc(C(=O)NCc3ccccc3)c2)n2ccnc12. The fourth-order valence-electron chi connectivity index (χ4n) is 2.85. The Hall–Kier alpha value is -3.67. The van der Waals surface area contributed by atoms with Crippen molar-refractivity contribution in [1.82, 2.24) is 19.7 Å². The van der Waals surface area contributed by atoms with Crippen LogP contribution in [0.2, 0.25) is 0 Å². The maximum atomic E-state index is 12.5. The topological polar surface area (TPSA) is 85.3 Å². The molecule has 0 spiro atoms. The van der Waals surface area contributed by atoms with Crippen molar-refractivity contribution >= 4 is 17.4 Å². The normalized spacial score (nSPS) is 10.2. The van der Waals surface area contributed by atoms with Gasteiger partial charge in [-0.1, -0.05) is 56.3 Å². The van der Waals surface area contributed by atoms with E-state index < -0.39 is 0 Å². The van der Waals surface area contributed by atoms with Crippen molar-refractivity contribution in [2.75, 3.05) is 5.73 Å². The van der Waals surface area contributed by atoms with Gasteiger partial charge in [0.25, 0.3) is 5.91 Å². The summed E-state index contributed by atoms with van der Waals surface area (Å²) in [5, 5.41) is 2.94. The lowest BCUT2D eigenvalue weighted by Gasteiger charge is -2.09. The molecule has 4 aromatic rings. The highest BCUT2D eigenvalue weighted by Crippen LogP contribution is 2.23. The molecule has 4 rings (SSSR count). The first-order chi connectivity index (χ1) is 13.7. The number of hydrogen-bond donors (Lipinski definition) is 2. The smallest absolute Gasteiger partial charge is 0.251 e. The molecule has 3 N–H and O–H groups in total. The monoisotopic (exact) mass is 373 g/mol. The molecule has 0 saturated heterocycles. The van der Waals surface area contributed by atoms with Gasteiger partial charge < -0.3 is 11.1 Å². The zero-order chi connectivity index (χ0) is 19.9. The first-order valence-electron chi connectivity index (χ1n) is 9.22. The number of nitrogens with zero attached hydrogens (tertiary/aromatic N) is 3. The van der Waals surface area contributed by atoms with Gasteiger partial charge in [-0.15, -0.1) is 0 Å². The van der Waals surface area contributed by atoms with Crippen LogP contribution in [-0.4, -0.2) is 20.3 Å². The summed E-state index contributed by atoms with van der Waals surface area (Å²) >= 11 is 0. The number of benzene rings is 2. The minimum Gasteiger partial charge on any atom is -0.381 e. The third kappa shape index (κ3) is 4.01. The number of hydrogen-bond acceptors (Lipinski definition) is 4. The summed E-state index contributed by atoms with van der Waals surface area (Å²) < 4.78 is 1.86. The Morgan fingerprint density at radius 1 is 1.07 bits per heavy atom. The molecule has 6 nitrogen and oxygen atoms in total. The van der Waals surface area contributed by atoms with Crippen LogP contribution in [-0.2, 0) is 6.54 Å². The summed E-state index contributed by atoms with van der Waals surface area (Å²) in [6.07, 6.45) is 5.18. The second-order valence-electron chi connectivity index (χ2n) is 5.90. The molecule has 0 aliphatic carbocycles. The summed E-state index contributed by atoms with van der Waals surface area (Å²) in [6.45, 7) is 4.49. The van der Waals surface area contributed by atoms with E-state index in [9.17, 15) is 4.79 Å². The molecule has 28 heavy (non-hydrogen) atoms. The first kappa shape index (κ1) is 19.1. The molecular weight excluding hydrogens is 350 g/mol. The molecule has 0 atom stereocenters. The molecule has 0 aliphatic heterocycles. The molecule has 0 radical (unpaired) electrons. The molecule has 2 aromatic heterocycles. The number of nitrogens with two attached hydrogens (primary N) is 1. The molecule has 2 aromatic carbocycles. The maximum Gasteiger partial charge on any atom is 0.251 e. The second kappa shape index (κ2) is 8.81. The third-order valence-corrected chi connectivity index (χ3v) is 4.17. The number of carbonyl (C=O) groups excluding carboxylic acids is 1. The summed E-state index contributed by atoms with van der Waals surface area (Å²) in [6, 6.07) is 17.2. The molecule has 142 valence electrons. The van der Waals surface area contributed by atoms with Gasteiger partial charge >= 0.3 is 0 Å². The van der Waals surface area contributed by atoms with Crippen LogP contribution in [0.5, 0.6) is 0 Å². The van der Waals surface area contributed by atoms with Crippen LogP contribution in [0.1, 0.15) is 29.8 Å². The Balaban J connectivity index is 0.00000109. The highest BCUT2D eigenvalue weighted by molar-refractivity contribution is 5.95. The summed E-state index contributed by atoms with van der Waals surface area (Å²) in [7, 11) is 0. The number of rotatable bonds is 4. The van der Waals surface area contributed by atoms with Gasteiger partial charge in [0.1, 0.15) is 0 Å². The molecule has 0 saturated carbocycles. The van der Waals surface area contributed by atoms with Crippen molar-refractivity contribution in [3.8, 4) is 11.3 Å². The van der Waals surface area contributed by atoms with Crippen molar-refractivity contribution in [3.05, 3.63) is 84.3 Å². The molecular formula is C22H23N5O. The highest BCUT2D eigenvalue weighted by atomic mass is 16.1.